The van der Waals surface area contributed by atoms with Crippen molar-refractivity contribution in [2.75, 3.05) is 18.0 Å². The third-order valence-electron chi connectivity index (χ3n) is 3.38. The summed E-state index contributed by atoms with van der Waals surface area (Å²) < 4.78 is 5.57. The molecular formula is C16H23N3O3. The van der Waals surface area contributed by atoms with Gasteiger partial charge in [0.25, 0.3) is 5.91 Å². The molecule has 22 heavy (non-hydrogen) atoms. The molecule has 6 heteroatoms. The molecule has 0 spiro atoms. The van der Waals surface area contributed by atoms with Crippen LogP contribution in [0, 0.1) is 0 Å². The molecule has 3 N–H and O–H groups in total. The zero-order valence-electron chi connectivity index (χ0n) is 13.3. The molecule has 1 aliphatic rings. The molecule has 2 amide bonds. The van der Waals surface area contributed by atoms with E-state index in [2.05, 4.69) is 5.32 Å². The third-order valence-corrected chi connectivity index (χ3v) is 3.38. The van der Waals surface area contributed by atoms with Crippen molar-refractivity contribution in [3.63, 3.8) is 0 Å². The van der Waals surface area contributed by atoms with Gasteiger partial charge in [-0.1, -0.05) is 12.1 Å². The summed E-state index contributed by atoms with van der Waals surface area (Å²) in [5, 5.41) is 2.78. The lowest BCUT2D eigenvalue weighted by atomic mass is 10.1. The third kappa shape index (κ3) is 3.98. The summed E-state index contributed by atoms with van der Waals surface area (Å²) in [6.07, 6.45) is -0.316. The highest BCUT2D eigenvalue weighted by atomic mass is 16.5. The van der Waals surface area contributed by atoms with Crippen LogP contribution >= 0.6 is 0 Å². The molecule has 0 aromatic heterocycles. The molecule has 0 fully saturated rings. The average molecular weight is 305 g/mol. The van der Waals surface area contributed by atoms with Crippen LogP contribution in [0.1, 0.15) is 27.2 Å². The van der Waals surface area contributed by atoms with Crippen LogP contribution < -0.4 is 20.7 Å². The van der Waals surface area contributed by atoms with Gasteiger partial charge in [-0.3, -0.25) is 9.59 Å². The lowest BCUT2D eigenvalue weighted by Gasteiger charge is -2.32. The summed E-state index contributed by atoms with van der Waals surface area (Å²) in [7, 11) is 0. The van der Waals surface area contributed by atoms with E-state index in [1.807, 2.05) is 38.1 Å². The van der Waals surface area contributed by atoms with E-state index in [0.717, 1.165) is 0 Å². The van der Waals surface area contributed by atoms with Crippen molar-refractivity contribution in [2.24, 2.45) is 5.73 Å². The molecule has 1 heterocycles. The van der Waals surface area contributed by atoms with Gasteiger partial charge in [-0.2, -0.15) is 0 Å². The second-order valence-corrected chi connectivity index (χ2v) is 6.23. The lowest BCUT2D eigenvalue weighted by molar-refractivity contribution is -0.125. The van der Waals surface area contributed by atoms with Gasteiger partial charge in [0.05, 0.1) is 5.69 Å². The SMILES string of the molecule is CC1Oc2ccccc2N(CCC(=O)NCC(C)(C)N)C1=O. The standard InChI is InChI=1S/C16H23N3O3/c1-11-15(21)19(12-6-4-5-7-13(12)22-11)9-8-14(20)18-10-16(2,3)17/h4-7,11H,8-10,17H2,1-3H3,(H,18,20). The zero-order chi connectivity index (χ0) is 16.3. The second kappa shape index (κ2) is 6.36. The summed E-state index contributed by atoms with van der Waals surface area (Å²) in [5.41, 5.74) is 6.08. The minimum atomic E-state index is -0.541. The van der Waals surface area contributed by atoms with Crippen LogP contribution in [0.2, 0.25) is 0 Å². The number of rotatable bonds is 5. The van der Waals surface area contributed by atoms with E-state index in [1.165, 1.54) is 0 Å². The van der Waals surface area contributed by atoms with Crippen LogP contribution in [-0.2, 0) is 9.59 Å². The minimum absolute atomic E-state index is 0.122. The maximum atomic E-state index is 12.3. The molecule has 0 saturated heterocycles. The molecule has 1 aliphatic heterocycles. The Kier molecular flexibility index (Phi) is 4.71. The molecule has 0 bridgehead atoms. The van der Waals surface area contributed by atoms with Crippen molar-refractivity contribution in [3.8, 4) is 5.75 Å². The number of amides is 2. The highest BCUT2D eigenvalue weighted by molar-refractivity contribution is 6.00. The zero-order valence-corrected chi connectivity index (χ0v) is 13.3. The Labute approximate surface area is 130 Å². The number of ether oxygens (including phenoxy) is 1. The quantitative estimate of drug-likeness (QED) is 0.851. The van der Waals surface area contributed by atoms with E-state index in [9.17, 15) is 9.59 Å². The van der Waals surface area contributed by atoms with Crippen LogP contribution in [0.25, 0.3) is 0 Å². The predicted octanol–water partition coefficient (Wildman–Crippen LogP) is 1.04. The largest absolute Gasteiger partial charge is 0.479 e. The number of nitrogens with two attached hydrogens (primary N) is 1. The van der Waals surface area contributed by atoms with Crippen LogP contribution in [-0.4, -0.2) is 36.5 Å². The Morgan fingerprint density at radius 1 is 1.41 bits per heavy atom. The summed E-state index contributed by atoms with van der Waals surface area (Å²) >= 11 is 0. The van der Waals surface area contributed by atoms with E-state index in [-0.39, 0.29) is 18.2 Å². The highest BCUT2D eigenvalue weighted by Gasteiger charge is 2.31. The Morgan fingerprint density at radius 2 is 2.09 bits per heavy atom. The first-order valence-corrected chi connectivity index (χ1v) is 7.40. The summed E-state index contributed by atoms with van der Waals surface area (Å²) in [6.45, 7) is 6.12. The van der Waals surface area contributed by atoms with Crippen molar-refractivity contribution in [1.82, 2.24) is 5.32 Å². The normalized spacial score (nSPS) is 17.7. The van der Waals surface area contributed by atoms with Gasteiger partial charge >= 0.3 is 0 Å². The number of hydrogen-bond donors (Lipinski definition) is 2. The molecule has 1 aromatic rings. The second-order valence-electron chi connectivity index (χ2n) is 6.23. The van der Waals surface area contributed by atoms with Gasteiger partial charge in [0.15, 0.2) is 6.10 Å². The Balaban J connectivity index is 2.00. The van der Waals surface area contributed by atoms with Crippen molar-refractivity contribution in [1.29, 1.82) is 0 Å². The lowest BCUT2D eigenvalue weighted by Crippen LogP contribution is -2.47. The first kappa shape index (κ1) is 16.3. The number of fused-ring (bicyclic) bond motifs is 1. The van der Waals surface area contributed by atoms with Gasteiger partial charge in [0.1, 0.15) is 5.75 Å². The number of anilines is 1. The van der Waals surface area contributed by atoms with Crippen molar-refractivity contribution in [2.45, 2.75) is 38.8 Å². The predicted molar refractivity (Wildman–Crippen MR) is 84.8 cm³/mol. The van der Waals surface area contributed by atoms with Crippen LogP contribution in [0.15, 0.2) is 24.3 Å². The number of nitrogens with zero attached hydrogens (tertiary/aromatic N) is 1. The van der Waals surface area contributed by atoms with Gasteiger partial charge in [-0.25, -0.2) is 0 Å². The van der Waals surface area contributed by atoms with Crippen molar-refractivity contribution >= 4 is 17.5 Å². The van der Waals surface area contributed by atoms with Crippen LogP contribution in [0.5, 0.6) is 5.75 Å². The average Bonchev–Trinajstić information content (AvgIpc) is 2.45. The Morgan fingerprint density at radius 3 is 2.77 bits per heavy atom. The number of nitrogens with one attached hydrogen (secondary N) is 1. The first-order valence-electron chi connectivity index (χ1n) is 7.40. The Bertz CT molecular complexity index is 566. The fourth-order valence-corrected chi connectivity index (χ4v) is 2.22. The number of benzene rings is 1. The molecule has 0 radical (unpaired) electrons. The molecule has 1 unspecified atom stereocenters. The van der Waals surface area contributed by atoms with E-state index >= 15 is 0 Å². The van der Waals surface area contributed by atoms with Crippen molar-refractivity contribution in [3.05, 3.63) is 24.3 Å². The number of carbonyl (C=O) groups is 2. The van der Waals surface area contributed by atoms with Crippen molar-refractivity contribution < 1.29 is 14.3 Å². The summed E-state index contributed by atoms with van der Waals surface area (Å²) in [6, 6.07) is 7.34. The monoisotopic (exact) mass is 305 g/mol. The van der Waals surface area contributed by atoms with E-state index < -0.39 is 11.6 Å². The van der Waals surface area contributed by atoms with Gasteiger partial charge in [-0.15, -0.1) is 0 Å². The molecule has 2 rings (SSSR count). The Hall–Kier alpha value is -2.08. The number of para-hydroxylation sites is 2. The maximum Gasteiger partial charge on any atom is 0.267 e. The van der Waals surface area contributed by atoms with Crippen LogP contribution in [0.3, 0.4) is 0 Å². The van der Waals surface area contributed by atoms with E-state index in [1.54, 1.807) is 11.8 Å². The molecule has 0 saturated carbocycles. The number of hydrogen-bond acceptors (Lipinski definition) is 4. The highest BCUT2D eigenvalue weighted by Crippen LogP contribution is 2.33. The fraction of sp³-hybridized carbons (Fsp3) is 0.500. The van der Waals surface area contributed by atoms with Gasteiger partial charge in [-0.05, 0) is 32.9 Å². The molecule has 6 nitrogen and oxygen atoms in total. The van der Waals surface area contributed by atoms with E-state index in [4.69, 9.17) is 10.5 Å². The first-order chi connectivity index (χ1) is 10.3. The van der Waals surface area contributed by atoms with Gasteiger partial charge in [0.2, 0.25) is 5.91 Å². The topological polar surface area (TPSA) is 84.7 Å². The van der Waals surface area contributed by atoms with Gasteiger partial charge in [0, 0.05) is 25.0 Å². The molecular weight excluding hydrogens is 282 g/mol. The molecule has 1 aromatic carbocycles. The molecule has 120 valence electrons. The van der Waals surface area contributed by atoms with Gasteiger partial charge < -0.3 is 20.7 Å². The fourth-order valence-electron chi connectivity index (χ4n) is 2.22. The molecule has 0 aliphatic carbocycles. The molecule has 1 atom stereocenters. The summed E-state index contributed by atoms with van der Waals surface area (Å²) in [5.74, 6) is 0.409. The van der Waals surface area contributed by atoms with E-state index in [0.29, 0.717) is 24.5 Å². The minimum Gasteiger partial charge on any atom is -0.479 e. The smallest absolute Gasteiger partial charge is 0.267 e. The summed E-state index contributed by atoms with van der Waals surface area (Å²) in [4.78, 5) is 25.8. The number of carbonyl (C=O) groups excluding carboxylic acids is 2. The maximum absolute atomic E-state index is 12.3. The van der Waals surface area contributed by atoms with Crippen LogP contribution in [0.4, 0.5) is 5.69 Å².